The van der Waals surface area contributed by atoms with Gasteiger partial charge >= 0.3 is 13.1 Å². The van der Waals surface area contributed by atoms with E-state index in [1.807, 2.05) is 6.92 Å². The van der Waals surface area contributed by atoms with Gasteiger partial charge in [-0.25, -0.2) is 0 Å². The van der Waals surface area contributed by atoms with Crippen LogP contribution in [-0.2, 0) is 28.3 Å². The lowest BCUT2D eigenvalue weighted by molar-refractivity contribution is -0.164. The van der Waals surface area contributed by atoms with Gasteiger partial charge in [0.05, 0.1) is 0 Å². The Kier molecular flexibility index (Phi) is 4.03. The molecule has 0 radical (unpaired) electrons. The van der Waals surface area contributed by atoms with E-state index in [9.17, 15) is 4.79 Å². The molecule has 2 aliphatic rings. The molecule has 96 valence electrons. The molecule has 2 saturated heterocycles. The molecule has 0 aromatic carbocycles. The van der Waals surface area contributed by atoms with E-state index in [1.54, 1.807) is 7.11 Å². The Morgan fingerprint density at radius 2 is 2.06 bits per heavy atom. The van der Waals surface area contributed by atoms with Gasteiger partial charge in [0.15, 0.2) is 6.29 Å². The van der Waals surface area contributed by atoms with Crippen molar-refractivity contribution in [2.45, 2.75) is 44.8 Å². The minimum absolute atomic E-state index is 0.163. The van der Waals surface area contributed by atoms with Crippen molar-refractivity contribution >= 4 is 13.1 Å². The summed E-state index contributed by atoms with van der Waals surface area (Å²) in [5.41, 5.74) is 0. The zero-order valence-corrected chi connectivity index (χ0v) is 10.3. The second kappa shape index (κ2) is 5.35. The van der Waals surface area contributed by atoms with Crippen molar-refractivity contribution in [2.24, 2.45) is 0 Å². The van der Waals surface area contributed by atoms with Gasteiger partial charge in [-0.05, 0) is 6.32 Å². The first-order valence-corrected chi connectivity index (χ1v) is 5.78. The van der Waals surface area contributed by atoms with Gasteiger partial charge in [-0.1, -0.05) is 6.92 Å². The topological polar surface area (TPSA) is 63.2 Å². The van der Waals surface area contributed by atoms with Gasteiger partial charge in [-0.3, -0.25) is 4.79 Å². The minimum atomic E-state index is -0.461. The molecule has 4 unspecified atom stereocenters. The Morgan fingerprint density at radius 1 is 1.35 bits per heavy atom. The number of hydrogen-bond acceptors (Lipinski definition) is 6. The van der Waals surface area contributed by atoms with Crippen LogP contribution in [0.1, 0.15) is 13.8 Å². The molecule has 0 amide bonds. The molecular weight excluding hydrogens is 227 g/mol. The third-order valence-electron chi connectivity index (χ3n) is 2.90. The van der Waals surface area contributed by atoms with Gasteiger partial charge in [0.1, 0.15) is 24.9 Å². The van der Waals surface area contributed by atoms with Gasteiger partial charge in [0.2, 0.25) is 0 Å². The lowest BCUT2D eigenvalue weighted by atomic mass is 9.87. The highest BCUT2D eigenvalue weighted by atomic mass is 16.8. The van der Waals surface area contributed by atoms with Crippen molar-refractivity contribution in [1.82, 2.24) is 0 Å². The van der Waals surface area contributed by atoms with E-state index in [1.165, 1.54) is 6.92 Å². The monoisotopic (exact) mass is 244 g/mol. The maximum absolute atomic E-state index is 10.8. The number of methoxy groups -OCH3 is 1. The summed E-state index contributed by atoms with van der Waals surface area (Å²) in [4.78, 5) is 10.8. The fraction of sp³-hybridized carbons (Fsp3) is 0.900. The third-order valence-corrected chi connectivity index (χ3v) is 2.90. The van der Waals surface area contributed by atoms with Gasteiger partial charge in [-0.15, -0.1) is 0 Å². The molecule has 2 fully saturated rings. The van der Waals surface area contributed by atoms with Crippen LogP contribution >= 0.6 is 0 Å². The zero-order valence-electron chi connectivity index (χ0n) is 10.3. The van der Waals surface area contributed by atoms with E-state index >= 15 is 0 Å². The van der Waals surface area contributed by atoms with Crippen LogP contribution in [0.2, 0.25) is 6.32 Å². The minimum Gasteiger partial charge on any atom is -0.463 e. The average molecular weight is 244 g/mol. The normalized spacial score (nSPS) is 36.1. The fourth-order valence-electron chi connectivity index (χ4n) is 2.10. The van der Waals surface area contributed by atoms with Crippen molar-refractivity contribution in [3.05, 3.63) is 0 Å². The van der Waals surface area contributed by atoms with Crippen molar-refractivity contribution in [3.63, 3.8) is 0 Å². The number of ether oxygens (including phenoxy) is 3. The second-order valence-electron chi connectivity index (χ2n) is 4.12. The molecule has 2 aliphatic heterocycles. The summed E-state index contributed by atoms with van der Waals surface area (Å²) >= 11 is 0. The average Bonchev–Trinajstić information content (AvgIpc) is 2.84. The largest absolute Gasteiger partial charge is 0.463 e. The number of esters is 1. The first kappa shape index (κ1) is 12.8. The number of fused-ring (bicyclic) bond motifs is 1. The molecule has 0 saturated carbocycles. The molecule has 4 atom stereocenters. The molecular formula is C10H17BO6. The predicted molar refractivity (Wildman–Crippen MR) is 58.3 cm³/mol. The van der Waals surface area contributed by atoms with Crippen molar-refractivity contribution in [3.8, 4) is 0 Å². The molecule has 0 aliphatic carbocycles. The van der Waals surface area contributed by atoms with Gasteiger partial charge in [-0.2, -0.15) is 0 Å². The second-order valence-corrected chi connectivity index (χ2v) is 4.12. The molecule has 2 heterocycles. The summed E-state index contributed by atoms with van der Waals surface area (Å²) in [5, 5.41) is 0. The van der Waals surface area contributed by atoms with Crippen molar-refractivity contribution in [2.75, 3.05) is 13.7 Å². The van der Waals surface area contributed by atoms with Crippen LogP contribution < -0.4 is 0 Å². The summed E-state index contributed by atoms with van der Waals surface area (Å²) in [6.07, 6.45) is -0.499. The van der Waals surface area contributed by atoms with Crippen LogP contribution in [0.15, 0.2) is 0 Å². The molecule has 17 heavy (non-hydrogen) atoms. The smallest absolute Gasteiger partial charge is 0.457 e. The Morgan fingerprint density at radius 3 is 2.65 bits per heavy atom. The molecule has 6 nitrogen and oxygen atoms in total. The Bertz CT molecular complexity index is 286. The number of hydrogen-bond donors (Lipinski definition) is 0. The van der Waals surface area contributed by atoms with Crippen LogP contribution in [0.5, 0.6) is 0 Å². The summed E-state index contributed by atoms with van der Waals surface area (Å²) in [6, 6.07) is 0. The van der Waals surface area contributed by atoms with Crippen LogP contribution in [-0.4, -0.2) is 51.4 Å². The highest BCUT2D eigenvalue weighted by Crippen LogP contribution is 2.33. The van der Waals surface area contributed by atoms with Crippen LogP contribution in [0, 0.1) is 0 Å². The van der Waals surface area contributed by atoms with Crippen LogP contribution in [0.25, 0.3) is 0 Å². The van der Waals surface area contributed by atoms with E-state index in [-0.39, 0.29) is 38.0 Å². The maximum atomic E-state index is 10.8. The Hall–Kier alpha value is -0.625. The van der Waals surface area contributed by atoms with E-state index in [2.05, 4.69) is 0 Å². The van der Waals surface area contributed by atoms with E-state index in [0.29, 0.717) is 0 Å². The summed E-state index contributed by atoms with van der Waals surface area (Å²) in [7, 11) is 1.32. The number of carbonyl (C=O) groups is 1. The van der Waals surface area contributed by atoms with Crippen LogP contribution in [0.4, 0.5) is 0 Å². The lowest BCUT2D eigenvalue weighted by Gasteiger charge is -2.17. The first-order valence-electron chi connectivity index (χ1n) is 5.78. The highest BCUT2D eigenvalue weighted by molar-refractivity contribution is 6.45. The van der Waals surface area contributed by atoms with Crippen molar-refractivity contribution < 1.29 is 28.3 Å². The van der Waals surface area contributed by atoms with Crippen molar-refractivity contribution in [1.29, 1.82) is 0 Å². The summed E-state index contributed by atoms with van der Waals surface area (Å²) in [6.45, 7) is 3.51. The third kappa shape index (κ3) is 2.62. The maximum Gasteiger partial charge on any atom is 0.457 e. The molecule has 0 N–H and O–H groups in total. The quantitative estimate of drug-likeness (QED) is 0.520. The number of carbonyl (C=O) groups excluding carboxylic acids is 1. The van der Waals surface area contributed by atoms with Gasteiger partial charge in [0, 0.05) is 14.0 Å². The molecule has 0 aromatic rings. The van der Waals surface area contributed by atoms with Crippen LogP contribution in [0.3, 0.4) is 0 Å². The fourth-order valence-corrected chi connectivity index (χ4v) is 2.10. The molecule has 0 bridgehead atoms. The number of rotatable bonds is 4. The molecule has 0 spiro atoms. The molecule has 7 heteroatoms. The van der Waals surface area contributed by atoms with E-state index < -0.39 is 6.29 Å². The lowest BCUT2D eigenvalue weighted by Crippen LogP contribution is -2.33. The first-order chi connectivity index (χ1) is 8.15. The van der Waals surface area contributed by atoms with E-state index in [0.717, 1.165) is 6.32 Å². The Balaban J connectivity index is 1.97. The summed E-state index contributed by atoms with van der Waals surface area (Å²) < 4.78 is 27.1. The van der Waals surface area contributed by atoms with Gasteiger partial charge in [0.25, 0.3) is 0 Å². The standard InChI is InChI=1S/C10H17BO6/c1-4-11-16-8-7(5-14-6(2)12)15-10(13-3)9(8)17-11/h7-10H,4-5H2,1-3H3. The highest BCUT2D eigenvalue weighted by Gasteiger charge is 2.53. The molecule has 2 rings (SSSR count). The SMILES string of the molecule is CCB1OC2C(COC(C)=O)OC(OC)C2O1. The Labute approximate surface area is 101 Å². The zero-order chi connectivity index (χ0) is 12.4. The van der Waals surface area contributed by atoms with Gasteiger partial charge < -0.3 is 23.5 Å². The molecule has 0 aromatic heterocycles. The summed E-state index contributed by atoms with van der Waals surface area (Å²) in [5.74, 6) is -0.336. The van der Waals surface area contributed by atoms with E-state index in [4.69, 9.17) is 23.5 Å². The predicted octanol–water partition coefficient (Wildman–Crippen LogP) is 0.213.